The summed E-state index contributed by atoms with van der Waals surface area (Å²) in [4.78, 5) is 11.3. The molecule has 0 aromatic rings. The number of amides is 1. The molecule has 0 aliphatic heterocycles. The fraction of sp³-hybridized carbons (Fsp3) is 0.923. The van der Waals surface area contributed by atoms with Crippen molar-refractivity contribution in [2.75, 3.05) is 39.2 Å². The van der Waals surface area contributed by atoms with Gasteiger partial charge in [0.2, 0.25) is 5.91 Å². The standard InChI is InChI=1S/C13H27FN2O3S/c1-10(2)13(17)15-9-12(14)11(3)19-8-7-18-6-5-16-20-4/h10-12,16H,5-9H2,1-4H3,(H,15,17). The average Bonchev–Trinajstić information content (AvgIpc) is 2.42. The predicted molar refractivity (Wildman–Crippen MR) is 80.5 cm³/mol. The number of carbonyl (C=O) groups excluding carboxylic acids is 1. The first kappa shape index (κ1) is 19.6. The fourth-order valence-corrected chi connectivity index (χ4v) is 1.57. The van der Waals surface area contributed by atoms with E-state index in [4.69, 9.17) is 9.47 Å². The molecule has 0 bridgehead atoms. The van der Waals surface area contributed by atoms with Crippen LogP contribution < -0.4 is 10.0 Å². The van der Waals surface area contributed by atoms with E-state index in [2.05, 4.69) is 10.0 Å². The maximum atomic E-state index is 13.7. The molecule has 0 heterocycles. The summed E-state index contributed by atoms with van der Waals surface area (Å²) in [5, 5.41) is 2.55. The van der Waals surface area contributed by atoms with E-state index in [1.807, 2.05) is 6.26 Å². The molecule has 1 amide bonds. The topological polar surface area (TPSA) is 59.6 Å². The Labute approximate surface area is 125 Å². The first-order valence-electron chi connectivity index (χ1n) is 6.86. The molecule has 0 rings (SSSR count). The van der Waals surface area contributed by atoms with Gasteiger partial charge in [0.1, 0.15) is 6.17 Å². The van der Waals surface area contributed by atoms with Crippen LogP contribution in [0.4, 0.5) is 4.39 Å². The van der Waals surface area contributed by atoms with Gasteiger partial charge >= 0.3 is 0 Å². The lowest BCUT2D eigenvalue weighted by atomic mass is 10.2. The first-order valence-corrected chi connectivity index (χ1v) is 8.08. The van der Waals surface area contributed by atoms with Crippen molar-refractivity contribution < 1.29 is 18.7 Å². The van der Waals surface area contributed by atoms with Crippen LogP contribution in [0.25, 0.3) is 0 Å². The van der Waals surface area contributed by atoms with Crippen molar-refractivity contribution in [2.45, 2.75) is 33.0 Å². The number of hydrogen-bond acceptors (Lipinski definition) is 5. The SMILES string of the molecule is CSNCCOCCOC(C)C(F)CNC(=O)C(C)C. The number of carbonyl (C=O) groups is 1. The minimum atomic E-state index is -1.21. The predicted octanol–water partition coefficient (Wildman–Crippen LogP) is 1.39. The van der Waals surface area contributed by atoms with Crippen molar-refractivity contribution in [1.29, 1.82) is 0 Å². The molecule has 5 nitrogen and oxygen atoms in total. The molecule has 0 aliphatic carbocycles. The molecule has 2 N–H and O–H groups in total. The number of alkyl halides is 1. The highest BCUT2D eigenvalue weighted by Gasteiger charge is 2.18. The Morgan fingerprint density at radius 3 is 2.55 bits per heavy atom. The number of ether oxygens (including phenoxy) is 2. The van der Waals surface area contributed by atoms with E-state index in [1.165, 1.54) is 11.9 Å². The number of halogens is 1. The third-order valence-electron chi connectivity index (χ3n) is 2.61. The van der Waals surface area contributed by atoms with Crippen LogP contribution in [-0.2, 0) is 14.3 Å². The van der Waals surface area contributed by atoms with Crippen molar-refractivity contribution in [3.8, 4) is 0 Å². The lowest BCUT2D eigenvalue weighted by Gasteiger charge is -2.18. The van der Waals surface area contributed by atoms with Crippen LogP contribution >= 0.6 is 11.9 Å². The molecule has 2 unspecified atom stereocenters. The fourth-order valence-electron chi connectivity index (χ4n) is 1.28. The normalized spacial score (nSPS) is 14.3. The van der Waals surface area contributed by atoms with Crippen molar-refractivity contribution in [3.05, 3.63) is 0 Å². The third-order valence-corrected chi connectivity index (χ3v) is 3.10. The monoisotopic (exact) mass is 310 g/mol. The molecule has 0 spiro atoms. The molecule has 0 aromatic carbocycles. The third kappa shape index (κ3) is 10.4. The van der Waals surface area contributed by atoms with Gasteiger partial charge in [0, 0.05) is 12.5 Å². The molecule has 0 aromatic heterocycles. The number of rotatable bonds is 12. The first-order chi connectivity index (χ1) is 9.49. The summed E-state index contributed by atoms with van der Waals surface area (Å²) in [6, 6.07) is 0. The van der Waals surface area contributed by atoms with Gasteiger partial charge in [0.15, 0.2) is 0 Å². The highest BCUT2D eigenvalue weighted by atomic mass is 32.2. The summed E-state index contributed by atoms with van der Waals surface area (Å²) >= 11 is 1.54. The molecule has 20 heavy (non-hydrogen) atoms. The van der Waals surface area contributed by atoms with E-state index in [-0.39, 0.29) is 18.4 Å². The van der Waals surface area contributed by atoms with Gasteiger partial charge < -0.3 is 14.8 Å². The Balaban J connectivity index is 3.55. The van der Waals surface area contributed by atoms with Crippen molar-refractivity contribution >= 4 is 17.9 Å². The summed E-state index contributed by atoms with van der Waals surface area (Å²) in [6.45, 7) is 7.33. The number of nitrogens with one attached hydrogen (secondary N) is 2. The molecular weight excluding hydrogens is 283 g/mol. The average molecular weight is 310 g/mol. The van der Waals surface area contributed by atoms with Crippen LogP contribution in [0, 0.1) is 5.92 Å². The van der Waals surface area contributed by atoms with E-state index in [1.54, 1.807) is 20.8 Å². The quantitative estimate of drug-likeness (QED) is 0.421. The van der Waals surface area contributed by atoms with Crippen LogP contribution in [0.1, 0.15) is 20.8 Å². The Bertz CT molecular complexity index is 258. The van der Waals surface area contributed by atoms with Gasteiger partial charge in [0.05, 0.1) is 32.5 Å². The summed E-state index contributed by atoms with van der Waals surface area (Å²) in [5.74, 6) is -0.286. The van der Waals surface area contributed by atoms with Gasteiger partial charge in [-0.3, -0.25) is 9.52 Å². The molecule has 0 radical (unpaired) electrons. The molecule has 0 saturated carbocycles. The van der Waals surface area contributed by atoms with Crippen LogP contribution in [0.5, 0.6) is 0 Å². The van der Waals surface area contributed by atoms with Gasteiger partial charge in [-0.1, -0.05) is 25.8 Å². The Morgan fingerprint density at radius 2 is 1.95 bits per heavy atom. The lowest BCUT2D eigenvalue weighted by molar-refractivity contribution is -0.124. The zero-order valence-electron chi connectivity index (χ0n) is 12.8. The maximum absolute atomic E-state index is 13.7. The Kier molecular flexibility index (Phi) is 12.1. The molecule has 7 heteroatoms. The Morgan fingerprint density at radius 1 is 1.25 bits per heavy atom. The minimum Gasteiger partial charge on any atom is -0.378 e. The van der Waals surface area contributed by atoms with Gasteiger partial charge in [0.25, 0.3) is 0 Å². The van der Waals surface area contributed by atoms with E-state index >= 15 is 0 Å². The lowest BCUT2D eigenvalue weighted by Crippen LogP contribution is -2.38. The zero-order valence-corrected chi connectivity index (χ0v) is 13.6. The zero-order chi connectivity index (χ0) is 15.4. The van der Waals surface area contributed by atoms with Gasteiger partial charge in [-0.25, -0.2) is 4.39 Å². The van der Waals surface area contributed by atoms with Crippen LogP contribution in [0.15, 0.2) is 0 Å². The smallest absolute Gasteiger partial charge is 0.222 e. The van der Waals surface area contributed by atoms with E-state index in [0.29, 0.717) is 19.8 Å². The van der Waals surface area contributed by atoms with E-state index < -0.39 is 12.3 Å². The second kappa shape index (κ2) is 12.4. The number of hydrogen-bond donors (Lipinski definition) is 2. The van der Waals surface area contributed by atoms with Gasteiger partial charge in [-0.15, -0.1) is 0 Å². The van der Waals surface area contributed by atoms with Crippen molar-refractivity contribution in [3.63, 3.8) is 0 Å². The van der Waals surface area contributed by atoms with Crippen molar-refractivity contribution in [2.24, 2.45) is 5.92 Å². The minimum absolute atomic E-state index is 0.0172. The van der Waals surface area contributed by atoms with Gasteiger partial charge in [-0.05, 0) is 13.2 Å². The summed E-state index contributed by atoms with van der Waals surface area (Å²) in [7, 11) is 0. The highest BCUT2D eigenvalue weighted by Crippen LogP contribution is 2.03. The summed E-state index contributed by atoms with van der Waals surface area (Å²) in [5.41, 5.74) is 0. The van der Waals surface area contributed by atoms with E-state index in [0.717, 1.165) is 6.54 Å². The molecule has 2 atom stereocenters. The second-order valence-electron chi connectivity index (χ2n) is 4.70. The largest absolute Gasteiger partial charge is 0.378 e. The molecule has 0 saturated heterocycles. The summed E-state index contributed by atoms with van der Waals surface area (Å²) < 4.78 is 27.4. The summed E-state index contributed by atoms with van der Waals surface area (Å²) in [6.07, 6.45) is 0.177. The van der Waals surface area contributed by atoms with Gasteiger partial charge in [-0.2, -0.15) is 0 Å². The highest BCUT2D eigenvalue weighted by molar-refractivity contribution is 7.96. The van der Waals surface area contributed by atoms with E-state index in [9.17, 15) is 9.18 Å². The second-order valence-corrected chi connectivity index (χ2v) is 5.40. The molecule has 0 aliphatic rings. The van der Waals surface area contributed by atoms with Crippen LogP contribution in [0.3, 0.4) is 0 Å². The molecule has 0 fully saturated rings. The van der Waals surface area contributed by atoms with Crippen LogP contribution in [-0.4, -0.2) is 57.3 Å². The van der Waals surface area contributed by atoms with Crippen LogP contribution in [0.2, 0.25) is 0 Å². The van der Waals surface area contributed by atoms with Crippen molar-refractivity contribution in [1.82, 2.24) is 10.0 Å². The molecular formula is C13H27FN2O3S. The maximum Gasteiger partial charge on any atom is 0.222 e. The Hall–Kier alpha value is -0.370. The molecule has 120 valence electrons.